The van der Waals surface area contributed by atoms with Gasteiger partial charge in [0.05, 0.1) is 25.3 Å². The molecular formula is C21H17NO5. The average Bonchev–Trinajstić information content (AvgIpc) is 2.71. The Morgan fingerprint density at radius 2 is 1.37 bits per heavy atom. The van der Waals surface area contributed by atoms with Gasteiger partial charge in [0.15, 0.2) is 0 Å². The molecule has 3 rings (SSSR count). The van der Waals surface area contributed by atoms with Crippen molar-refractivity contribution in [2.75, 3.05) is 19.5 Å². The molecule has 1 amide bonds. The minimum absolute atomic E-state index is 0.133. The van der Waals surface area contributed by atoms with Crippen LogP contribution in [0.25, 0.3) is 10.8 Å². The lowest BCUT2D eigenvalue weighted by Gasteiger charge is -2.11. The Morgan fingerprint density at radius 3 is 2.00 bits per heavy atom. The quantitative estimate of drug-likeness (QED) is 0.715. The maximum atomic E-state index is 12.8. The van der Waals surface area contributed by atoms with Gasteiger partial charge in [0.1, 0.15) is 0 Å². The molecule has 6 nitrogen and oxygen atoms in total. The lowest BCUT2D eigenvalue weighted by atomic mass is 10.0. The predicted octanol–water partition coefficient (Wildman–Crippen LogP) is 3.67. The second-order valence-electron chi connectivity index (χ2n) is 5.76. The van der Waals surface area contributed by atoms with E-state index in [0.717, 1.165) is 10.8 Å². The fourth-order valence-corrected chi connectivity index (χ4v) is 2.79. The molecule has 0 saturated heterocycles. The van der Waals surface area contributed by atoms with E-state index in [1.54, 1.807) is 12.1 Å². The molecule has 0 aliphatic rings. The summed E-state index contributed by atoms with van der Waals surface area (Å²) in [5.41, 5.74) is 1.04. The number of fused-ring (bicyclic) bond motifs is 1. The summed E-state index contributed by atoms with van der Waals surface area (Å²) >= 11 is 0. The third-order valence-electron chi connectivity index (χ3n) is 4.07. The molecule has 0 spiro atoms. The number of carbonyl (C=O) groups is 3. The smallest absolute Gasteiger partial charge is 0.337 e. The monoisotopic (exact) mass is 363 g/mol. The number of rotatable bonds is 4. The average molecular weight is 363 g/mol. The molecule has 0 fully saturated rings. The standard InChI is InChI=1S/C21H17NO5/c1-26-20(24)14-10-15(21(25)27-2)12-16(11-14)22-19(23)18-9-5-7-13-6-3-4-8-17(13)18/h3-12H,1-2H3,(H,22,23). The number of methoxy groups -OCH3 is 2. The summed E-state index contributed by atoms with van der Waals surface area (Å²) in [6, 6.07) is 17.2. The van der Waals surface area contributed by atoms with Crippen LogP contribution in [0.15, 0.2) is 60.7 Å². The summed E-state index contributed by atoms with van der Waals surface area (Å²) in [5, 5.41) is 4.47. The van der Waals surface area contributed by atoms with E-state index in [1.807, 2.05) is 30.3 Å². The van der Waals surface area contributed by atoms with Gasteiger partial charge in [-0.2, -0.15) is 0 Å². The van der Waals surface area contributed by atoms with E-state index in [4.69, 9.17) is 9.47 Å². The molecule has 6 heteroatoms. The van der Waals surface area contributed by atoms with Gasteiger partial charge < -0.3 is 14.8 Å². The van der Waals surface area contributed by atoms with E-state index in [2.05, 4.69) is 5.32 Å². The lowest BCUT2D eigenvalue weighted by Crippen LogP contribution is -2.14. The summed E-state index contributed by atoms with van der Waals surface area (Å²) in [5.74, 6) is -1.60. The van der Waals surface area contributed by atoms with E-state index in [9.17, 15) is 14.4 Å². The Balaban J connectivity index is 1.99. The Kier molecular flexibility index (Phi) is 5.17. The molecule has 0 heterocycles. The molecule has 27 heavy (non-hydrogen) atoms. The van der Waals surface area contributed by atoms with Crippen molar-refractivity contribution in [3.05, 3.63) is 77.4 Å². The van der Waals surface area contributed by atoms with Crippen LogP contribution in [0.4, 0.5) is 5.69 Å². The molecule has 3 aromatic rings. The maximum absolute atomic E-state index is 12.8. The van der Waals surface area contributed by atoms with Crippen LogP contribution in [0.2, 0.25) is 0 Å². The Morgan fingerprint density at radius 1 is 0.778 bits per heavy atom. The van der Waals surface area contributed by atoms with E-state index in [0.29, 0.717) is 5.56 Å². The maximum Gasteiger partial charge on any atom is 0.337 e. The van der Waals surface area contributed by atoms with Gasteiger partial charge >= 0.3 is 11.9 Å². The zero-order valence-electron chi connectivity index (χ0n) is 14.8. The van der Waals surface area contributed by atoms with Crippen LogP contribution < -0.4 is 5.32 Å². The molecule has 0 radical (unpaired) electrons. The fourth-order valence-electron chi connectivity index (χ4n) is 2.79. The second-order valence-corrected chi connectivity index (χ2v) is 5.76. The number of benzene rings is 3. The summed E-state index contributed by atoms with van der Waals surface area (Å²) < 4.78 is 9.41. The highest BCUT2D eigenvalue weighted by Gasteiger charge is 2.16. The first-order chi connectivity index (χ1) is 13.0. The number of esters is 2. The van der Waals surface area contributed by atoms with Crippen LogP contribution in [0.1, 0.15) is 31.1 Å². The highest BCUT2D eigenvalue weighted by Crippen LogP contribution is 2.22. The zero-order valence-corrected chi connectivity index (χ0v) is 14.8. The number of ether oxygens (including phenoxy) is 2. The normalized spacial score (nSPS) is 10.3. The molecule has 0 aliphatic heterocycles. The minimum Gasteiger partial charge on any atom is -0.465 e. The second kappa shape index (κ2) is 7.70. The van der Waals surface area contributed by atoms with Gasteiger partial charge in [0, 0.05) is 11.3 Å². The fraction of sp³-hybridized carbons (Fsp3) is 0.0952. The van der Waals surface area contributed by atoms with E-state index >= 15 is 0 Å². The molecular weight excluding hydrogens is 346 g/mol. The topological polar surface area (TPSA) is 81.7 Å². The first-order valence-corrected chi connectivity index (χ1v) is 8.14. The Bertz CT molecular complexity index is 1000. The number of anilines is 1. The van der Waals surface area contributed by atoms with Crippen molar-refractivity contribution in [3.63, 3.8) is 0 Å². The molecule has 136 valence electrons. The first kappa shape index (κ1) is 18.1. The van der Waals surface area contributed by atoms with Crippen LogP contribution >= 0.6 is 0 Å². The minimum atomic E-state index is -0.624. The Hall–Kier alpha value is -3.67. The summed E-state index contributed by atoms with van der Waals surface area (Å²) in [7, 11) is 2.48. The molecule has 0 unspecified atom stereocenters. The molecule has 0 aromatic heterocycles. The number of hydrogen-bond acceptors (Lipinski definition) is 5. The van der Waals surface area contributed by atoms with Crippen LogP contribution in [0.3, 0.4) is 0 Å². The van der Waals surface area contributed by atoms with Crippen molar-refractivity contribution in [1.29, 1.82) is 0 Å². The van der Waals surface area contributed by atoms with Crippen LogP contribution in [0.5, 0.6) is 0 Å². The van der Waals surface area contributed by atoms with E-state index in [1.165, 1.54) is 32.4 Å². The van der Waals surface area contributed by atoms with Gasteiger partial charge in [0.25, 0.3) is 5.91 Å². The van der Waals surface area contributed by atoms with Gasteiger partial charge in [-0.25, -0.2) is 9.59 Å². The molecule has 0 aliphatic carbocycles. The SMILES string of the molecule is COC(=O)c1cc(NC(=O)c2cccc3ccccc23)cc(C(=O)OC)c1. The molecule has 0 bridgehead atoms. The van der Waals surface area contributed by atoms with E-state index < -0.39 is 11.9 Å². The van der Waals surface area contributed by atoms with Crippen molar-refractivity contribution in [2.24, 2.45) is 0 Å². The summed E-state index contributed by atoms with van der Waals surface area (Å²) in [6.45, 7) is 0. The predicted molar refractivity (Wildman–Crippen MR) is 101 cm³/mol. The molecule has 1 N–H and O–H groups in total. The molecule has 3 aromatic carbocycles. The number of amides is 1. The van der Waals surface area contributed by atoms with Crippen LogP contribution in [-0.2, 0) is 9.47 Å². The highest BCUT2D eigenvalue weighted by atomic mass is 16.5. The van der Waals surface area contributed by atoms with Crippen LogP contribution in [0, 0.1) is 0 Å². The summed E-state index contributed by atoms with van der Waals surface area (Å²) in [4.78, 5) is 36.5. The largest absolute Gasteiger partial charge is 0.465 e. The van der Waals surface area contributed by atoms with Crippen molar-refractivity contribution < 1.29 is 23.9 Å². The number of nitrogens with one attached hydrogen (secondary N) is 1. The lowest BCUT2D eigenvalue weighted by molar-refractivity contribution is 0.0599. The number of carbonyl (C=O) groups excluding carboxylic acids is 3. The molecule has 0 saturated carbocycles. The van der Waals surface area contributed by atoms with Gasteiger partial charge in [-0.1, -0.05) is 36.4 Å². The van der Waals surface area contributed by atoms with Crippen molar-refractivity contribution in [3.8, 4) is 0 Å². The van der Waals surface area contributed by atoms with Crippen molar-refractivity contribution >= 4 is 34.3 Å². The van der Waals surface area contributed by atoms with Crippen molar-refractivity contribution in [2.45, 2.75) is 0 Å². The number of hydrogen-bond donors (Lipinski definition) is 1. The van der Waals surface area contributed by atoms with E-state index in [-0.39, 0.29) is 22.7 Å². The van der Waals surface area contributed by atoms with Crippen molar-refractivity contribution in [1.82, 2.24) is 0 Å². The van der Waals surface area contributed by atoms with Gasteiger partial charge in [0.2, 0.25) is 0 Å². The van der Waals surface area contributed by atoms with Gasteiger partial charge in [-0.15, -0.1) is 0 Å². The first-order valence-electron chi connectivity index (χ1n) is 8.14. The molecule has 0 atom stereocenters. The van der Waals surface area contributed by atoms with Gasteiger partial charge in [-0.3, -0.25) is 4.79 Å². The highest BCUT2D eigenvalue weighted by molar-refractivity contribution is 6.13. The third kappa shape index (κ3) is 3.79. The van der Waals surface area contributed by atoms with Gasteiger partial charge in [-0.05, 0) is 35.0 Å². The zero-order chi connectivity index (χ0) is 19.4. The van der Waals surface area contributed by atoms with Crippen LogP contribution in [-0.4, -0.2) is 32.1 Å². The Labute approximate surface area is 155 Å². The summed E-state index contributed by atoms with van der Waals surface area (Å²) in [6.07, 6.45) is 0. The third-order valence-corrected chi connectivity index (χ3v) is 4.07.